The van der Waals surface area contributed by atoms with Crippen LogP contribution in [0.1, 0.15) is 54.1 Å². The van der Waals surface area contributed by atoms with E-state index in [4.69, 9.17) is 23.7 Å². The van der Waals surface area contributed by atoms with E-state index in [0.717, 1.165) is 49.4 Å². The summed E-state index contributed by atoms with van der Waals surface area (Å²) >= 11 is 0. The number of benzene rings is 3. The van der Waals surface area contributed by atoms with Crippen LogP contribution in [-0.2, 0) is 25.2 Å². The number of carbonyl (C=O) groups excluding carboxylic acids is 3. The van der Waals surface area contributed by atoms with Crippen molar-refractivity contribution in [2.24, 2.45) is 0 Å². The number of nitrogens with one attached hydrogen (secondary N) is 1. The van der Waals surface area contributed by atoms with Crippen molar-refractivity contribution in [1.29, 1.82) is 0 Å². The van der Waals surface area contributed by atoms with E-state index in [0.29, 0.717) is 81.5 Å². The summed E-state index contributed by atoms with van der Waals surface area (Å²) in [5.74, 6) is 1.81. The number of rotatable bonds is 15. The Hall–Kier alpha value is -4.85. The van der Waals surface area contributed by atoms with Crippen molar-refractivity contribution in [3.8, 4) is 23.0 Å². The van der Waals surface area contributed by atoms with Crippen molar-refractivity contribution in [2.45, 2.75) is 43.4 Å². The Kier molecular flexibility index (Phi) is 13.4. The molecule has 1 N–H and O–H groups in total. The van der Waals surface area contributed by atoms with E-state index >= 15 is 0 Å². The van der Waals surface area contributed by atoms with E-state index in [1.807, 2.05) is 47.2 Å². The molecule has 6 rings (SSSR count). The molecule has 0 radical (unpaired) electrons. The summed E-state index contributed by atoms with van der Waals surface area (Å²) in [6, 6.07) is 21.8. The third-order valence-electron chi connectivity index (χ3n) is 11.9. The zero-order chi connectivity index (χ0) is 39.7. The van der Waals surface area contributed by atoms with E-state index in [1.54, 1.807) is 40.6 Å². The predicted molar refractivity (Wildman–Crippen MR) is 212 cm³/mol. The maximum Gasteiger partial charge on any atom is 0.320 e. The number of piperazine rings is 1. The highest BCUT2D eigenvalue weighted by Gasteiger charge is 2.46. The Morgan fingerprint density at radius 3 is 2.02 bits per heavy atom. The lowest BCUT2D eigenvalue weighted by Crippen LogP contribution is -2.59. The first-order valence-corrected chi connectivity index (χ1v) is 19.6. The molecule has 3 aromatic rings. The molecule has 3 aliphatic heterocycles. The van der Waals surface area contributed by atoms with Gasteiger partial charge in [0.15, 0.2) is 11.5 Å². The Morgan fingerprint density at radius 1 is 0.714 bits per heavy atom. The molecule has 3 heterocycles. The minimum absolute atomic E-state index is 0.0202. The number of carbonyl (C=O) groups is 3. The molecule has 0 aromatic heterocycles. The molecule has 13 heteroatoms. The third-order valence-corrected chi connectivity index (χ3v) is 11.9. The van der Waals surface area contributed by atoms with Crippen LogP contribution in [-0.4, -0.2) is 138 Å². The number of amides is 2. The first-order valence-electron chi connectivity index (χ1n) is 19.6. The number of likely N-dealkylation sites (tertiary alicyclic amines) is 2. The summed E-state index contributed by atoms with van der Waals surface area (Å²) in [5, 5.41) is 1.99. The molecule has 1 unspecified atom stereocenters. The van der Waals surface area contributed by atoms with Crippen molar-refractivity contribution in [3.05, 3.63) is 83.4 Å². The molecule has 3 aromatic carbocycles. The van der Waals surface area contributed by atoms with Gasteiger partial charge < -0.3 is 33.5 Å². The molecule has 0 spiro atoms. The number of hydrogen-bond donors (Lipinski definition) is 1. The van der Waals surface area contributed by atoms with Crippen LogP contribution >= 0.6 is 0 Å². The van der Waals surface area contributed by atoms with Crippen molar-refractivity contribution in [3.63, 3.8) is 0 Å². The van der Waals surface area contributed by atoms with Gasteiger partial charge in [0.05, 0.1) is 47.0 Å². The van der Waals surface area contributed by atoms with Gasteiger partial charge in [-0.2, -0.15) is 0 Å². The van der Waals surface area contributed by atoms with E-state index in [-0.39, 0.29) is 29.7 Å². The lowest BCUT2D eigenvalue weighted by molar-refractivity contribution is -0.145. The lowest BCUT2D eigenvalue weighted by Gasteiger charge is -2.43. The van der Waals surface area contributed by atoms with Crippen LogP contribution in [0.2, 0.25) is 0 Å². The van der Waals surface area contributed by atoms with Crippen LogP contribution in [0.25, 0.3) is 0 Å². The Bertz CT molecular complexity index is 1780. The van der Waals surface area contributed by atoms with Gasteiger partial charge in [-0.15, -0.1) is 0 Å². The highest BCUT2D eigenvalue weighted by atomic mass is 16.5. The maximum absolute atomic E-state index is 14.3. The number of hydrazine groups is 1. The number of esters is 1. The average molecular weight is 772 g/mol. The second-order valence-electron chi connectivity index (χ2n) is 15.0. The second-order valence-corrected chi connectivity index (χ2v) is 15.0. The van der Waals surface area contributed by atoms with Crippen LogP contribution in [0.5, 0.6) is 23.0 Å². The molecular weight excluding hydrogens is 715 g/mol. The van der Waals surface area contributed by atoms with E-state index in [9.17, 15) is 14.4 Å². The number of hydrogen-bond acceptors (Lipinski definition) is 11. The van der Waals surface area contributed by atoms with Gasteiger partial charge in [-0.05, 0) is 87.6 Å². The molecule has 13 nitrogen and oxygen atoms in total. The largest absolute Gasteiger partial charge is 0.497 e. The van der Waals surface area contributed by atoms with Crippen molar-refractivity contribution < 1.29 is 38.1 Å². The van der Waals surface area contributed by atoms with Crippen LogP contribution < -0.4 is 24.4 Å². The summed E-state index contributed by atoms with van der Waals surface area (Å²) in [6.45, 7) is 8.54. The molecule has 56 heavy (non-hydrogen) atoms. The van der Waals surface area contributed by atoms with Crippen LogP contribution in [0.15, 0.2) is 66.7 Å². The Labute approximate surface area is 330 Å². The summed E-state index contributed by atoms with van der Waals surface area (Å²) in [6.07, 6.45) is 3.00. The average Bonchev–Trinajstić information content (AvgIpc) is 3.69. The molecule has 302 valence electrons. The fraction of sp³-hybridized carbons (Fsp3) is 0.512. The lowest BCUT2D eigenvalue weighted by atomic mass is 9.71. The van der Waals surface area contributed by atoms with Gasteiger partial charge in [0.1, 0.15) is 5.75 Å². The normalized spacial score (nSPS) is 20.3. The first kappa shape index (κ1) is 40.8. The standard InChI is InChI=1S/C43H57N5O8/c1-6-56-38(49)30-46-23-25-48(26-24-46)44-41(51)43(33-11-8-7-9-12-33)17-20-45(21-18-43)19-15-42(34-13-10-14-35(29-34)52-2)16-22-47(31-42)40(50)32-27-36(53-3)39(55-5)37(28-32)54-4/h7-14,27-29H,6,15-26,30-31H2,1-5H3,(H,44,51). The van der Waals surface area contributed by atoms with E-state index < -0.39 is 5.41 Å². The Balaban J connectivity index is 1.15. The van der Waals surface area contributed by atoms with Crippen molar-refractivity contribution >= 4 is 17.8 Å². The highest BCUT2D eigenvalue weighted by Crippen LogP contribution is 2.43. The van der Waals surface area contributed by atoms with Crippen LogP contribution in [0.3, 0.4) is 0 Å². The quantitative estimate of drug-likeness (QED) is 0.225. The smallest absolute Gasteiger partial charge is 0.320 e. The van der Waals surface area contributed by atoms with E-state index in [2.05, 4.69) is 39.5 Å². The number of nitrogens with zero attached hydrogens (tertiary/aromatic N) is 4. The summed E-state index contributed by atoms with van der Waals surface area (Å²) in [4.78, 5) is 46.9. The predicted octanol–water partition coefficient (Wildman–Crippen LogP) is 4.14. The first-order chi connectivity index (χ1) is 27.2. The molecule has 0 saturated carbocycles. The summed E-state index contributed by atoms with van der Waals surface area (Å²) < 4.78 is 27.4. The van der Waals surface area contributed by atoms with Gasteiger partial charge in [-0.3, -0.25) is 24.7 Å². The molecule has 3 saturated heterocycles. The molecule has 0 bridgehead atoms. The fourth-order valence-corrected chi connectivity index (χ4v) is 8.56. The SMILES string of the molecule is CCOC(=O)CN1CCN(NC(=O)C2(c3ccccc3)CCN(CCC3(c4cccc(OC)c4)CCN(C(=O)c4cc(OC)c(OC)c(OC)c4)C3)CC2)CC1. The monoisotopic (exact) mass is 771 g/mol. The van der Waals surface area contributed by atoms with Crippen LogP contribution in [0.4, 0.5) is 0 Å². The van der Waals surface area contributed by atoms with Crippen molar-refractivity contribution in [1.82, 2.24) is 25.1 Å². The van der Waals surface area contributed by atoms with Crippen LogP contribution in [0, 0.1) is 0 Å². The topological polar surface area (TPSA) is 122 Å². The molecule has 0 aliphatic carbocycles. The number of piperidine rings is 1. The van der Waals surface area contributed by atoms with Gasteiger partial charge in [-0.25, -0.2) is 5.01 Å². The summed E-state index contributed by atoms with van der Waals surface area (Å²) in [5.41, 5.74) is 4.96. The third kappa shape index (κ3) is 8.90. The van der Waals surface area contributed by atoms with Gasteiger partial charge in [0.25, 0.3) is 5.91 Å². The minimum atomic E-state index is -0.665. The minimum Gasteiger partial charge on any atom is -0.497 e. The van der Waals surface area contributed by atoms with E-state index in [1.165, 1.54) is 0 Å². The molecule has 2 amide bonds. The zero-order valence-corrected chi connectivity index (χ0v) is 33.5. The number of ether oxygens (including phenoxy) is 5. The van der Waals surface area contributed by atoms with Gasteiger partial charge in [0, 0.05) is 50.2 Å². The van der Waals surface area contributed by atoms with Crippen molar-refractivity contribution in [2.75, 3.05) is 100 Å². The molecular formula is C43H57N5O8. The summed E-state index contributed by atoms with van der Waals surface area (Å²) in [7, 11) is 6.31. The second kappa shape index (κ2) is 18.4. The van der Waals surface area contributed by atoms with Gasteiger partial charge >= 0.3 is 5.97 Å². The highest BCUT2D eigenvalue weighted by molar-refractivity contribution is 5.96. The number of methoxy groups -OCH3 is 4. The van der Waals surface area contributed by atoms with Gasteiger partial charge in [-0.1, -0.05) is 42.5 Å². The molecule has 1 atom stereocenters. The zero-order valence-electron chi connectivity index (χ0n) is 33.5. The molecule has 3 aliphatic rings. The van der Waals surface area contributed by atoms with Gasteiger partial charge in [0.2, 0.25) is 11.7 Å². The fourth-order valence-electron chi connectivity index (χ4n) is 8.56. The maximum atomic E-state index is 14.3. The Morgan fingerprint density at radius 2 is 1.39 bits per heavy atom. The molecule has 3 fully saturated rings.